The lowest BCUT2D eigenvalue weighted by molar-refractivity contribution is 0.246. The van der Waals surface area contributed by atoms with Gasteiger partial charge in [-0.2, -0.15) is 0 Å². The molecule has 0 radical (unpaired) electrons. The van der Waals surface area contributed by atoms with E-state index in [1.54, 1.807) is 50.6 Å². The first-order valence-corrected chi connectivity index (χ1v) is 11.5. The van der Waals surface area contributed by atoms with Crippen molar-refractivity contribution in [2.24, 2.45) is 0 Å². The normalized spacial score (nSPS) is 14.3. The molecule has 0 unspecified atom stereocenters. The summed E-state index contributed by atoms with van der Waals surface area (Å²) in [5.41, 5.74) is 0.681. The molecule has 1 N–H and O–H groups in total. The van der Waals surface area contributed by atoms with Crippen molar-refractivity contribution in [3.05, 3.63) is 82.3 Å². The Morgan fingerprint density at radius 2 is 1.74 bits per heavy atom. The van der Waals surface area contributed by atoms with Crippen LogP contribution < -0.4 is 19.8 Å². The molecule has 1 aliphatic heterocycles. The molecule has 1 fully saturated rings. The summed E-state index contributed by atoms with van der Waals surface area (Å²) >= 11 is 0. The van der Waals surface area contributed by atoms with Crippen molar-refractivity contribution in [2.45, 2.75) is 13.5 Å². The molecular formula is C27H27N3O5. The minimum atomic E-state index is -0.295. The van der Waals surface area contributed by atoms with Crippen LogP contribution in [0, 0.1) is 6.92 Å². The fourth-order valence-electron chi connectivity index (χ4n) is 4.38. The number of hydrogen-bond acceptors (Lipinski definition) is 8. The van der Waals surface area contributed by atoms with Crippen LogP contribution in [0.3, 0.4) is 0 Å². The van der Waals surface area contributed by atoms with E-state index in [0.717, 1.165) is 32.0 Å². The van der Waals surface area contributed by atoms with Crippen molar-refractivity contribution in [1.29, 1.82) is 0 Å². The minimum Gasteiger partial charge on any atom is -0.507 e. The highest BCUT2D eigenvalue weighted by atomic mass is 16.5. The molecule has 2 aromatic heterocycles. The number of piperazine rings is 1. The molecule has 35 heavy (non-hydrogen) atoms. The molecule has 8 nitrogen and oxygen atoms in total. The Balaban J connectivity index is 1.42. The molecule has 4 aromatic rings. The molecule has 0 amide bonds. The van der Waals surface area contributed by atoms with Gasteiger partial charge in [-0.25, -0.2) is 4.98 Å². The number of anilines is 1. The van der Waals surface area contributed by atoms with Crippen molar-refractivity contribution >= 4 is 16.8 Å². The molecule has 1 aliphatic rings. The number of benzene rings is 2. The fourth-order valence-corrected chi connectivity index (χ4v) is 4.38. The molecule has 2 aromatic carbocycles. The number of aromatic hydroxyl groups is 1. The van der Waals surface area contributed by atoms with Crippen LogP contribution in [0.2, 0.25) is 0 Å². The van der Waals surface area contributed by atoms with Gasteiger partial charge in [-0.3, -0.25) is 9.69 Å². The predicted molar refractivity (Wildman–Crippen MR) is 134 cm³/mol. The van der Waals surface area contributed by atoms with E-state index >= 15 is 0 Å². The highest BCUT2D eigenvalue weighted by Gasteiger charge is 2.23. The summed E-state index contributed by atoms with van der Waals surface area (Å²) < 4.78 is 17.4. The Labute approximate surface area is 203 Å². The number of rotatable bonds is 6. The first-order valence-electron chi connectivity index (χ1n) is 11.5. The summed E-state index contributed by atoms with van der Waals surface area (Å²) in [6.07, 6.45) is 1.80. The first kappa shape index (κ1) is 22.7. The van der Waals surface area contributed by atoms with E-state index in [1.807, 2.05) is 24.3 Å². The van der Waals surface area contributed by atoms with Crippen LogP contribution in [0.25, 0.3) is 11.0 Å². The quantitative estimate of drug-likeness (QED) is 0.443. The number of phenols is 1. The van der Waals surface area contributed by atoms with Gasteiger partial charge in [-0.1, -0.05) is 18.2 Å². The van der Waals surface area contributed by atoms with Crippen LogP contribution in [0.1, 0.15) is 11.3 Å². The van der Waals surface area contributed by atoms with Crippen LogP contribution >= 0.6 is 0 Å². The van der Waals surface area contributed by atoms with Gasteiger partial charge in [0.25, 0.3) is 0 Å². The Morgan fingerprint density at radius 1 is 1.00 bits per heavy atom. The summed E-state index contributed by atoms with van der Waals surface area (Å²) in [5.74, 6) is 2.44. The van der Waals surface area contributed by atoms with Crippen LogP contribution in [-0.4, -0.2) is 48.3 Å². The monoisotopic (exact) mass is 473 g/mol. The molecule has 180 valence electrons. The molecule has 0 saturated carbocycles. The van der Waals surface area contributed by atoms with Crippen LogP contribution in [0.15, 0.2) is 70.0 Å². The van der Waals surface area contributed by atoms with Gasteiger partial charge in [0.05, 0.1) is 18.1 Å². The summed E-state index contributed by atoms with van der Waals surface area (Å²) in [6, 6.07) is 16.1. The Hall–Kier alpha value is -4.04. The molecule has 0 atom stereocenters. The van der Waals surface area contributed by atoms with E-state index in [9.17, 15) is 9.90 Å². The zero-order valence-corrected chi connectivity index (χ0v) is 19.7. The molecule has 0 aliphatic carbocycles. The van der Waals surface area contributed by atoms with Crippen molar-refractivity contribution in [1.82, 2.24) is 9.88 Å². The van der Waals surface area contributed by atoms with Gasteiger partial charge >= 0.3 is 0 Å². The molecule has 0 bridgehead atoms. The lowest BCUT2D eigenvalue weighted by atomic mass is 10.1. The lowest BCUT2D eigenvalue weighted by Gasteiger charge is -2.35. The number of para-hydroxylation sites is 2. The fraction of sp³-hybridized carbons (Fsp3) is 0.259. The van der Waals surface area contributed by atoms with Gasteiger partial charge in [0.2, 0.25) is 11.2 Å². The lowest BCUT2D eigenvalue weighted by Crippen LogP contribution is -2.46. The second-order valence-electron chi connectivity index (χ2n) is 8.46. The van der Waals surface area contributed by atoms with Gasteiger partial charge in [-0.05, 0) is 43.3 Å². The predicted octanol–water partition coefficient (Wildman–Crippen LogP) is 4.33. The van der Waals surface area contributed by atoms with Gasteiger partial charge in [0.1, 0.15) is 22.9 Å². The molecule has 8 heteroatoms. The molecule has 3 heterocycles. The van der Waals surface area contributed by atoms with E-state index in [0.29, 0.717) is 40.3 Å². The van der Waals surface area contributed by atoms with Crippen molar-refractivity contribution in [2.75, 3.05) is 38.2 Å². The van der Waals surface area contributed by atoms with Gasteiger partial charge in [0.15, 0.2) is 11.5 Å². The minimum absolute atomic E-state index is 0.0996. The number of aromatic nitrogens is 1. The van der Waals surface area contributed by atoms with Crippen molar-refractivity contribution in [3.8, 4) is 23.0 Å². The van der Waals surface area contributed by atoms with Gasteiger partial charge in [-0.15, -0.1) is 0 Å². The highest BCUT2D eigenvalue weighted by Crippen LogP contribution is 2.34. The summed E-state index contributed by atoms with van der Waals surface area (Å²) in [6.45, 7) is 5.39. The summed E-state index contributed by atoms with van der Waals surface area (Å²) in [7, 11) is 1.54. The van der Waals surface area contributed by atoms with E-state index in [-0.39, 0.29) is 16.9 Å². The SMILES string of the molecule is COc1ccccc1Oc1c(C)oc2c(CN3CCN(c4ccccn4)CC3)c(O)ccc2c1=O. The first-order chi connectivity index (χ1) is 17.0. The zero-order chi connectivity index (χ0) is 24.4. The van der Waals surface area contributed by atoms with E-state index in [4.69, 9.17) is 13.9 Å². The number of pyridine rings is 1. The van der Waals surface area contributed by atoms with E-state index in [1.165, 1.54) is 0 Å². The van der Waals surface area contributed by atoms with Gasteiger partial charge in [0, 0.05) is 38.9 Å². The Bertz CT molecular complexity index is 1400. The van der Waals surface area contributed by atoms with Crippen molar-refractivity contribution in [3.63, 3.8) is 0 Å². The highest BCUT2D eigenvalue weighted by molar-refractivity contribution is 5.83. The van der Waals surface area contributed by atoms with Crippen LogP contribution in [-0.2, 0) is 6.54 Å². The summed E-state index contributed by atoms with van der Waals surface area (Å²) in [5, 5.41) is 11.0. The second-order valence-corrected chi connectivity index (χ2v) is 8.46. The maximum absolute atomic E-state index is 13.4. The second kappa shape index (κ2) is 9.68. The maximum atomic E-state index is 13.4. The molecule has 0 spiro atoms. The number of phenolic OH excluding ortho intramolecular Hbond substituents is 1. The number of aryl methyl sites for hydroxylation is 1. The maximum Gasteiger partial charge on any atom is 0.235 e. The zero-order valence-electron chi connectivity index (χ0n) is 19.7. The topological polar surface area (TPSA) is 88.3 Å². The third-order valence-electron chi connectivity index (χ3n) is 6.27. The van der Waals surface area contributed by atoms with E-state index < -0.39 is 0 Å². The third-order valence-corrected chi connectivity index (χ3v) is 6.27. The van der Waals surface area contributed by atoms with Crippen molar-refractivity contribution < 1.29 is 19.0 Å². The Kier molecular flexibility index (Phi) is 6.29. The molecule has 5 rings (SSSR count). The number of fused-ring (bicyclic) bond motifs is 1. The van der Waals surface area contributed by atoms with Crippen LogP contribution in [0.4, 0.5) is 5.82 Å². The average Bonchev–Trinajstić information content (AvgIpc) is 2.89. The number of methoxy groups -OCH3 is 1. The number of nitrogens with zero attached hydrogens (tertiary/aromatic N) is 3. The molecule has 1 saturated heterocycles. The number of ether oxygens (including phenoxy) is 2. The Morgan fingerprint density at radius 3 is 2.46 bits per heavy atom. The summed E-state index contributed by atoms with van der Waals surface area (Å²) in [4.78, 5) is 22.3. The number of hydrogen-bond donors (Lipinski definition) is 1. The standard InChI is InChI=1S/C27H27N3O5/c1-18-26(35-23-8-4-3-7-22(23)33-2)25(32)19-10-11-21(31)20(27(19)34-18)17-29-13-15-30(16-14-29)24-9-5-6-12-28-24/h3-12,31H,13-17H2,1-2H3. The molecular weight excluding hydrogens is 446 g/mol. The smallest absolute Gasteiger partial charge is 0.235 e. The van der Waals surface area contributed by atoms with Gasteiger partial charge < -0.3 is 23.9 Å². The van der Waals surface area contributed by atoms with Crippen LogP contribution in [0.5, 0.6) is 23.0 Å². The van der Waals surface area contributed by atoms with E-state index in [2.05, 4.69) is 14.8 Å². The third kappa shape index (κ3) is 4.52. The largest absolute Gasteiger partial charge is 0.507 e. The average molecular weight is 474 g/mol.